The molecule has 0 radical (unpaired) electrons. The molecule has 1 atom stereocenters. The Morgan fingerprint density at radius 3 is 2.69 bits per heavy atom. The molecule has 5 heteroatoms. The lowest BCUT2D eigenvalue weighted by Crippen LogP contribution is -2.35. The van der Waals surface area contributed by atoms with Gasteiger partial charge in [0.1, 0.15) is 6.10 Å². The van der Waals surface area contributed by atoms with Crippen molar-refractivity contribution >= 4 is 8.56 Å². The molecule has 0 saturated carbocycles. The van der Waals surface area contributed by atoms with Crippen molar-refractivity contribution in [1.82, 2.24) is 0 Å². The molecule has 2 N–H and O–H groups in total. The van der Waals surface area contributed by atoms with Gasteiger partial charge < -0.3 is 19.1 Å². The first-order chi connectivity index (χ1) is 6.14. The van der Waals surface area contributed by atoms with Crippen LogP contribution in [0.25, 0.3) is 0 Å². The minimum atomic E-state index is -2.92. The number of rotatable bonds is 7. The summed E-state index contributed by atoms with van der Waals surface area (Å²) in [7, 11) is -2.92. The highest BCUT2D eigenvalue weighted by molar-refractivity contribution is 6.64. The van der Waals surface area contributed by atoms with Crippen LogP contribution in [0.3, 0.4) is 0 Å². The number of ether oxygens (including phenoxy) is 2. The average Bonchev–Trinajstić information content (AvgIpc) is 2.81. The maximum atomic E-state index is 9.48. The molecule has 0 spiro atoms. The zero-order chi connectivity index (χ0) is 9.73. The summed E-state index contributed by atoms with van der Waals surface area (Å²) in [6, 6.07) is 0.948. The van der Waals surface area contributed by atoms with E-state index in [0.29, 0.717) is 25.3 Å². The van der Waals surface area contributed by atoms with E-state index < -0.39 is 8.56 Å². The summed E-state index contributed by atoms with van der Waals surface area (Å²) in [4.78, 5) is 19.0. The van der Waals surface area contributed by atoms with E-state index in [0.717, 1.165) is 13.0 Å². The third-order valence-corrected chi connectivity index (χ3v) is 4.31. The fourth-order valence-electron chi connectivity index (χ4n) is 1.14. The van der Waals surface area contributed by atoms with Crippen LogP contribution in [0.15, 0.2) is 0 Å². The summed E-state index contributed by atoms with van der Waals surface area (Å²) in [5.41, 5.74) is 0. The second kappa shape index (κ2) is 5.07. The van der Waals surface area contributed by atoms with E-state index in [-0.39, 0.29) is 6.10 Å². The predicted molar refractivity (Wildman–Crippen MR) is 50.7 cm³/mol. The second-order valence-electron chi connectivity index (χ2n) is 3.51. The molecule has 0 aliphatic carbocycles. The third-order valence-electron chi connectivity index (χ3n) is 2.00. The molecule has 1 rings (SSSR count). The van der Waals surface area contributed by atoms with Crippen molar-refractivity contribution in [2.45, 2.75) is 31.5 Å². The van der Waals surface area contributed by atoms with Crippen LogP contribution in [0.4, 0.5) is 0 Å². The Bertz CT molecular complexity index is 147. The quantitative estimate of drug-likeness (QED) is 0.356. The Hall–Kier alpha value is 0.0569. The maximum Gasteiger partial charge on any atom is 0.335 e. The van der Waals surface area contributed by atoms with Gasteiger partial charge in [-0.15, -0.1) is 0 Å². The molecule has 1 aliphatic rings. The Kier molecular flexibility index (Phi) is 4.34. The van der Waals surface area contributed by atoms with Gasteiger partial charge in [-0.2, -0.15) is 0 Å². The van der Waals surface area contributed by atoms with E-state index in [4.69, 9.17) is 9.47 Å². The van der Waals surface area contributed by atoms with Gasteiger partial charge in [0.25, 0.3) is 0 Å². The Balaban J connectivity index is 1.95. The van der Waals surface area contributed by atoms with E-state index in [1.165, 1.54) is 0 Å². The van der Waals surface area contributed by atoms with Gasteiger partial charge in [0.15, 0.2) is 0 Å². The van der Waals surface area contributed by atoms with E-state index in [1.807, 2.05) is 6.92 Å². The summed E-state index contributed by atoms with van der Waals surface area (Å²) < 4.78 is 10.2. The summed E-state index contributed by atoms with van der Waals surface area (Å²) in [5, 5.41) is 0. The summed E-state index contributed by atoms with van der Waals surface area (Å²) in [6.45, 7) is 3.78. The van der Waals surface area contributed by atoms with Crippen molar-refractivity contribution in [3.63, 3.8) is 0 Å². The maximum absolute atomic E-state index is 9.48. The fraction of sp³-hybridized carbons (Fsp3) is 1.00. The van der Waals surface area contributed by atoms with E-state index >= 15 is 0 Å². The molecule has 0 bridgehead atoms. The average molecular weight is 206 g/mol. The highest BCUT2D eigenvalue weighted by Crippen LogP contribution is 2.12. The molecule has 13 heavy (non-hydrogen) atoms. The lowest BCUT2D eigenvalue weighted by molar-refractivity contribution is 0.122. The van der Waals surface area contributed by atoms with Crippen molar-refractivity contribution in [3.05, 3.63) is 0 Å². The number of hydrogen-bond donors (Lipinski definition) is 2. The molecule has 1 heterocycles. The number of hydrogen-bond acceptors (Lipinski definition) is 4. The molecule has 1 saturated heterocycles. The van der Waals surface area contributed by atoms with Gasteiger partial charge in [-0.25, -0.2) is 0 Å². The van der Waals surface area contributed by atoms with Gasteiger partial charge in [-0.3, -0.25) is 0 Å². The largest absolute Gasteiger partial charge is 0.411 e. The molecule has 1 fully saturated rings. The zero-order valence-corrected chi connectivity index (χ0v) is 9.03. The first-order valence-electron chi connectivity index (χ1n) is 4.78. The van der Waals surface area contributed by atoms with Gasteiger partial charge in [-0.1, -0.05) is 13.3 Å². The van der Waals surface area contributed by atoms with Crippen molar-refractivity contribution in [2.75, 3.05) is 19.8 Å². The molecule has 1 unspecified atom stereocenters. The van der Waals surface area contributed by atoms with Gasteiger partial charge in [0.05, 0.1) is 13.2 Å². The standard InChI is InChI=1S/C8H18O4Si/c1-2-4-13(9,10)5-3-11-6-8-7-12-8/h8-10H,2-7H2,1H3. The SMILES string of the molecule is CCC[Si](O)(O)CCOCC1CO1. The second-order valence-corrected chi connectivity index (χ2v) is 6.48. The molecule has 1 aliphatic heterocycles. The Labute approximate surface area is 79.7 Å². The predicted octanol–water partition coefficient (Wildman–Crippen LogP) is 0.239. The van der Waals surface area contributed by atoms with Gasteiger partial charge >= 0.3 is 8.56 Å². The number of epoxide rings is 1. The van der Waals surface area contributed by atoms with Gasteiger partial charge in [-0.05, 0) is 6.04 Å². The normalized spacial score (nSPS) is 21.9. The Morgan fingerprint density at radius 1 is 1.46 bits per heavy atom. The Morgan fingerprint density at radius 2 is 2.15 bits per heavy atom. The fourth-order valence-corrected chi connectivity index (χ4v) is 2.66. The van der Waals surface area contributed by atoms with Crippen LogP contribution in [0.5, 0.6) is 0 Å². The summed E-state index contributed by atoms with van der Waals surface area (Å²) in [5.74, 6) is 0. The smallest absolute Gasteiger partial charge is 0.335 e. The molecule has 0 aromatic carbocycles. The van der Waals surface area contributed by atoms with Gasteiger partial charge in [0, 0.05) is 12.7 Å². The van der Waals surface area contributed by atoms with Gasteiger partial charge in [0.2, 0.25) is 0 Å². The van der Waals surface area contributed by atoms with Crippen molar-refractivity contribution < 1.29 is 19.1 Å². The summed E-state index contributed by atoms with van der Waals surface area (Å²) in [6.07, 6.45) is 1.09. The van der Waals surface area contributed by atoms with Crippen LogP contribution < -0.4 is 0 Å². The monoisotopic (exact) mass is 206 g/mol. The van der Waals surface area contributed by atoms with Crippen LogP contribution in [0.2, 0.25) is 12.1 Å². The molecule has 0 aromatic rings. The molecular formula is C8H18O4Si. The minimum absolute atomic E-state index is 0.264. The van der Waals surface area contributed by atoms with Crippen LogP contribution in [0.1, 0.15) is 13.3 Å². The summed E-state index contributed by atoms with van der Waals surface area (Å²) >= 11 is 0. The molecule has 0 amide bonds. The molecular weight excluding hydrogens is 188 g/mol. The molecule has 78 valence electrons. The van der Waals surface area contributed by atoms with Crippen LogP contribution in [0, 0.1) is 0 Å². The topological polar surface area (TPSA) is 62.2 Å². The van der Waals surface area contributed by atoms with Crippen LogP contribution in [-0.2, 0) is 9.47 Å². The zero-order valence-electron chi connectivity index (χ0n) is 8.03. The van der Waals surface area contributed by atoms with Crippen molar-refractivity contribution in [1.29, 1.82) is 0 Å². The van der Waals surface area contributed by atoms with E-state index in [9.17, 15) is 9.59 Å². The third kappa shape index (κ3) is 5.38. The highest BCUT2D eigenvalue weighted by Gasteiger charge is 2.28. The van der Waals surface area contributed by atoms with Crippen molar-refractivity contribution in [3.8, 4) is 0 Å². The van der Waals surface area contributed by atoms with E-state index in [1.54, 1.807) is 0 Å². The highest BCUT2D eigenvalue weighted by atomic mass is 28.4. The molecule has 0 aromatic heterocycles. The minimum Gasteiger partial charge on any atom is -0.411 e. The lowest BCUT2D eigenvalue weighted by atomic mass is 10.5. The lowest BCUT2D eigenvalue weighted by Gasteiger charge is -2.16. The van der Waals surface area contributed by atoms with Crippen LogP contribution in [-0.4, -0.2) is 44.1 Å². The van der Waals surface area contributed by atoms with E-state index in [2.05, 4.69) is 0 Å². The molecule has 4 nitrogen and oxygen atoms in total. The first-order valence-corrected chi connectivity index (χ1v) is 7.09. The first kappa shape index (κ1) is 11.1. The van der Waals surface area contributed by atoms with Crippen LogP contribution >= 0.6 is 0 Å². The van der Waals surface area contributed by atoms with Crippen molar-refractivity contribution in [2.24, 2.45) is 0 Å².